The number of hydrogen-bond acceptors (Lipinski definition) is 4. The molecule has 21 heavy (non-hydrogen) atoms. The van der Waals surface area contributed by atoms with Crippen LogP contribution in [0.25, 0.3) is 0 Å². The highest BCUT2D eigenvalue weighted by Crippen LogP contribution is 2.16. The maximum Gasteiger partial charge on any atom is 0.371 e. The van der Waals surface area contributed by atoms with Gasteiger partial charge in [0.2, 0.25) is 5.76 Å². The second-order valence-corrected chi connectivity index (χ2v) is 4.11. The molecule has 0 saturated heterocycles. The number of urea groups is 1. The van der Waals surface area contributed by atoms with Crippen LogP contribution in [0.5, 0.6) is 5.75 Å². The van der Waals surface area contributed by atoms with Gasteiger partial charge >= 0.3 is 12.0 Å². The van der Waals surface area contributed by atoms with Crippen molar-refractivity contribution in [2.75, 3.05) is 12.4 Å². The van der Waals surface area contributed by atoms with E-state index in [0.29, 0.717) is 17.2 Å². The lowest BCUT2D eigenvalue weighted by molar-refractivity contribution is 0.0660. The van der Waals surface area contributed by atoms with Crippen LogP contribution in [0.3, 0.4) is 0 Å². The van der Waals surface area contributed by atoms with Gasteiger partial charge in [0.25, 0.3) is 0 Å². The van der Waals surface area contributed by atoms with Gasteiger partial charge in [-0.1, -0.05) is 6.07 Å². The van der Waals surface area contributed by atoms with Crippen LogP contribution in [0.4, 0.5) is 10.5 Å². The molecule has 1 aromatic carbocycles. The zero-order valence-electron chi connectivity index (χ0n) is 11.3. The first-order chi connectivity index (χ1) is 10.1. The summed E-state index contributed by atoms with van der Waals surface area (Å²) in [7, 11) is 1.54. The van der Waals surface area contributed by atoms with Gasteiger partial charge in [-0.3, -0.25) is 0 Å². The van der Waals surface area contributed by atoms with Crippen molar-refractivity contribution in [3.63, 3.8) is 0 Å². The molecule has 0 unspecified atom stereocenters. The number of ether oxygens (including phenoxy) is 1. The minimum atomic E-state index is -1.15. The van der Waals surface area contributed by atoms with E-state index in [1.807, 2.05) is 0 Å². The Morgan fingerprint density at radius 3 is 2.76 bits per heavy atom. The molecule has 7 heteroatoms. The molecule has 0 fully saturated rings. The Labute approximate surface area is 120 Å². The molecule has 0 saturated carbocycles. The van der Waals surface area contributed by atoms with E-state index in [-0.39, 0.29) is 12.3 Å². The minimum absolute atomic E-state index is 0.0864. The van der Waals surface area contributed by atoms with E-state index in [1.54, 1.807) is 24.3 Å². The quantitative estimate of drug-likeness (QED) is 0.784. The van der Waals surface area contributed by atoms with Crippen molar-refractivity contribution in [3.8, 4) is 5.75 Å². The molecule has 7 nitrogen and oxygen atoms in total. The summed E-state index contributed by atoms with van der Waals surface area (Å²) in [6, 6.07) is 9.30. The molecule has 2 aromatic rings. The SMILES string of the molecule is COc1cccc(NC(=O)NCc2ccc(C(=O)O)o2)c1. The third-order valence-electron chi connectivity index (χ3n) is 2.62. The molecular formula is C14H14N2O5. The monoisotopic (exact) mass is 290 g/mol. The number of carboxylic acid groups (broad SMARTS) is 1. The number of carboxylic acids is 1. The van der Waals surface area contributed by atoms with Gasteiger partial charge in [0.15, 0.2) is 0 Å². The van der Waals surface area contributed by atoms with Gasteiger partial charge in [-0.05, 0) is 24.3 Å². The van der Waals surface area contributed by atoms with Crippen LogP contribution in [-0.4, -0.2) is 24.2 Å². The highest BCUT2D eigenvalue weighted by molar-refractivity contribution is 5.89. The number of amides is 2. The zero-order chi connectivity index (χ0) is 15.2. The van der Waals surface area contributed by atoms with Crippen LogP contribution >= 0.6 is 0 Å². The van der Waals surface area contributed by atoms with Crippen molar-refractivity contribution >= 4 is 17.7 Å². The maximum absolute atomic E-state index is 11.7. The third-order valence-corrected chi connectivity index (χ3v) is 2.62. The van der Waals surface area contributed by atoms with E-state index in [1.165, 1.54) is 19.2 Å². The Morgan fingerprint density at radius 1 is 1.29 bits per heavy atom. The van der Waals surface area contributed by atoms with Gasteiger partial charge in [0, 0.05) is 11.8 Å². The van der Waals surface area contributed by atoms with Gasteiger partial charge in [-0.25, -0.2) is 9.59 Å². The molecule has 0 atom stereocenters. The van der Waals surface area contributed by atoms with Crippen LogP contribution in [-0.2, 0) is 6.54 Å². The lowest BCUT2D eigenvalue weighted by atomic mass is 10.3. The zero-order valence-corrected chi connectivity index (χ0v) is 11.3. The summed E-state index contributed by atoms with van der Waals surface area (Å²) in [6.45, 7) is 0.0864. The number of nitrogens with one attached hydrogen (secondary N) is 2. The lowest BCUT2D eigenvalue weighted by Gasteiger charge is -2.07. The minimum Gasteiger partial charge on any atom is -0.497 e. The van der Waals surface area contributed by atoms with Crippen molar-refractivity contribution in [2.45, 2.75) is 6.54 Å². The Hall–Kier alpha value is -2.96. The van der Waals surface area contributed by atoms with Crippen molar-refractivity contribution in [1.82, 2.24) is 5.32 Å². The molecule has 0 bridgehead atoms. The molecule has 2 rings (SSSR count). The number of carbonyl (C=O) groups excluding carboxylic acids is 1. The molecule has 0 aliphatic carbocycles. The highest BCUT2D eigenvalue weighted by atomic mass is 16.5. The van der Waals surface area contributed by atoms with Crippen molar-refractivity contribution in [3.05, 3.63) is 47.9 Å². The van der Waals surface area contributed by atoms with Gasteiger partial charge in [0.1, 0.15) is 11.5 Å². The normalized spacial score (nSPS) is 9.95. The van der Waals surface area contributed by atoms with E-state index < -0.39 is 12.0 Å². The average molecular weight is 290 g/mol. The van der Waals surface area contributed by atoms with Crippen LogP contribution in [0.1, 0.15) is 16.3 Å². The number of hydrogen-bond donors (Lipinski definition) is 3. The molecule has 2 amide bonds. The number of benzene rings is 1. The van der Waals surface area contributed by atoms with E-state index >= 15 is 0 Å². The molecule has 0 spiro atoms. The summed E-state index contributed by atoms with van der Waals surface area (Å²) in [4.78, 5) is 22.4. The number of carbonyl (C=O) groups is 2. The molecule has 0 radical (unpaired) electrons. The first-order valence-corrected chi connectivity index (χ1v) is 6.09. The summed E-state index contributed by atoms with van der Waals surface area (Å²) < 4.78 is 10.1. The van der Waals surface area contributed by atoms with Gasteiger partial charge in [0.05, 0.1) is 13.7 Å². The Bertz CT molecular complexity index is 650. The fourth-order valence-electron chi connectivity index (χ4n) is 1.63. The van der Waals surface area contributed by atoms with Gasteiger partial charge in [-0.2, -0.15) is 0 Å². The van der Waals surface area contributed by atoms with E-state index in [2.05, 4.69) is 10.6 Å². The average Bonchev–Trinajstić information content (AvgIpc) is 2.94. The fourth-order valence-corrected chi connectivity index (χ4v) is 1.63. The number of rotatable bonds is 5. The first kappa shape index (κ1) is 14.4. The van der Waals surface area contributed by atoms with E-state index in [4.69, 9.17) is 14.3 Å². The number of methoxy groups -OCH3 is 1. The largest absolute Gasteiger partial charge is 0.497 e. The number of aromatic carboxylic acids is 1. The van der Waals surface area contributed by atoms with E-state index in [9.17, 15) is 9.59 Å². The van der Waals surface area contributed by atoms with Crippen LogP contribution < -0.4 is 15.4 Å². The van der Waals surface area contributed by atoms with Gasteiger partial charge in [-0.15, -0.1) is 0 Å². The second kappa shape index (κ2) is 6.47. The van der Waals surface area contributed by atoms with Crippen LogP contribution in [0.2, 0.25) is 0 Å². The maximum atomic E-state index is 11.7. The summed E-state index contributed by atoms with van der Waals surface area (Å²) in [5.74, 6) is -0.333. The predicted molar refractivity (Wildman–Crippen MR) is 74.5 cm³/mol. The van der Waals surface area contributed by atoms with Crippen molar-refractivity contribution in [1.29, 1.82) is 0 Å². The second-order valence-electron chi connectivity index (χ2n) is 4.11. The third kappa shape index (κ3) is 4.00. The standard InChI is InChI=1S/C14H14N2O5/c1-20-10-4-2-3-9(7-10)16-14(19)15-8-11-5-6-12(21-11)13(17)18/h2-7H,8H2,1H3,(H,17,18)(H2,15,16,19). The van der Waals surface area contributed by atoms with E-state index in [0.717, 1.165) is 0 Å². The lowest BCUT2D eigenvalue weighted by Crippen LogP contribution is -2.27. The van der Waals surface area contributed by atoms with Crippen LogP contribution in [0, 0.1) is 0 Å². The van der Waals surface area contributed by atoms with Crippen LogP contribution in [0.15, 0.2) is 40.8 Å². The molecule has 110 valence electrons. The Kier molecular flexibility index (Phi) is 4.45. The molecule has 1 aromatic heterocycles. The number of furan rings is 1. The van der Waals surface area contributed by atoms with Crippen molar-refractivity contribution < 1.29 is 23.8 Å². The summed E-state index contributed by atoms with van der Waals surface area (Å²) in [5.41, 5.74) is 0.581. The molecule has 0 aliphatic heterocycles. The smallest absolute Gasteiger partial charge is 0.371 e. The molecule has 1 heterocycles. The summed E-state index contributed by atoms with van der Waals surface area (Å²) in [5, 5.41) is 13.9. The highest BCUT2D eigenvalue weighted by Gasteiger charge is 2.09. The predicted octanol–water partition coefficient (Wildman–Crippen LogP) is 2.31. The van der Waals surface area contributed by atoms with Gasteiger partial charge < -0.3 is 24.9 Å². The Balaban J connectivity index is 1.87. The molecule has 3 N–H and O–H groups in total. The first-order valence-electron chi connectivity index (χ1n) is 6.09. The summed E-state index contributed by atoms with van der Waals surface area (Å²) >= 11 is 0. The van der Waals surface area contributed by atoms with Crippen molar-refractivity contribution in [2.24, 2.45) is 0 Å². The topological polar surface area (TPSA) is 101 Å². The number of anilines is 1. The molecule has 0 aliphatic rings. The molecular weight excluding hydrogens is 276 g/mol. The fraction of sp³-hybridized carbons (Fsp3) is 0.143. The summed E-state index contributed by atoms with van der Waals surface area (Å²) in [6.07, 6.45) is 0. The Morgan fingerprint density at radius 2 is 2.10 bits per heavy atom.